The molecule has 0 aliphatic heterocycles. The number of nitro groups is 1. The van der Waals surface area contributed by atoms with Crippen molar-refractivity contribution < 1.29 is 9.72 Å². The van der Waals surface area contributed by atoms with Gasteiger partial charge in [-0.05, 0) is 49.2 Å². The zero-order valence-corrected chi connectivity index (χ0v) is 13.2. The van der Waals surface area contributed by atoms with Gasteiger partial charge in [0.2, 0.25) is 0 Å². The number of aryl methyl sites for hydroxylation is 2. The van der Waals surface area contributed by atoms with Crippen LogP contribution in [0.3, 0.4) is 0 Å². The summed E-state index contributed by atoms with van der Waals surface area (Å²) in [6.45, 7) is 3.89. The molecule has 3 aromatic rings. The largest absolute Gasteiger partial charge is 0.283 e. The Bertz CT molecular complexity index is 963. The third-order valence-electron chi connectivity index (χ3n) is 3.77. The van der Waals surface area contributed by atoms with Crippen LogP contribution in [0.4, 0.5) is 5.69 Å². The van der Waals surface area contributed by atoms with E-state index in [0.717, 1.165) is 11.1 Å². The van der Waals surface area contributed by atoms with Crippen LogP contribution in [0.15, 0.2) is 36.7 Å². The molecule has 0 amide bonds. The summed E-state index contributed by atoms with van der Waals surface area (Å²) < 4.78 is 1.32. The van der Waals surface area contributed by atoms with E-state index in [1.807, 2.05) is 26.0 Å². The molecule has 0 aliphatic rings. The normalized spacial score (nSPS) is 10.9. The number of nitro benzene ring substituents is 1. The quantitative estimate of drug-likeness (QED) is 0.527. The van der Waals surface area contributed by atoms with Gasteiger partial charge in [-0.1, -0.05) is 11.6 Å². The molecule has 0 fully saturated rings. The molecule has 116 valence electrons. The monoisotopic (exact) mass is 329 g/mol. The van der Waals surface area contributed by atoms with E-state index in [2.05, 4.69) is 4.98 Å². The molecule has 0 spiro atoms. The number of benzene rings is 2. The zero-order valence-electron chi connectivity index (χ0n) is 12.4. The predicted molar refractivity (Wildman–Crippen MR) is 87.0 cm³/mol. The van der Waals surface area contributed by atoms with Crippen molar-refractivity contribution in [3.63, 3.8) is 0 Å². The minimum Gasteiger partial charge on any atom is -0.268 e. The molecule has 23 heavy (non-hydrogen) atoms. The van der Waals surface area contributed by atoms with Gasteiger partial charge in [0.15, 0.2) is 0 Å². The molecule has 0 saturated heterocycles. The third-order valence-corrected chi connectivity index (χ3v) is 4.00. The highest BCUT2D eigenvalue weighted by molar-refractivity contribution is 6.31. The Labute approximate surface area is 136 Å². The van der Waals surface area contributed by atoms with Gasteiger partial charge >= 0.3 is 0 Å². The molecular weight excluding hydrogens is 318 g/mol. The predicted octanol–water partition coefficient (Wildman–Crippen LogP) is 3.90. The van der Waals surface area contributed by atoms with E-state index >= 15 is 0 Å². The SMILES string of the molecule is Cc1cc2ncn(C(=O)c3ccc(Cl)cc3[N+](=O)[O-])c2cc1C. The van der Waals surface area contributed by atoms with E-state index in [-0.39, 0.29) is 16.3 Å². The van der Waals surface area contributed by atoms with Gasteiger partial charge in [-0.3, -0.25) is 19.5 Å². The van der Waals surface area contributed by atoms with E-state index in [0.29, 0.717) is 11.0 Å². The van der Waals surface area contributed by atoms with E-state index < -0.39 is 10.8 Å². The van der Waals surface area contributed by atoms with Crippen molar-refractivity contribution in [1.29, 1.82) is 0 Å². The second-order valence-electron chi connectivity index (χ2n) is 5.26. The lowest BCUT2D eigenvalue weighted by Gasteiger charge is -2.06. The van der Waals surface area contributed by atoms with Crippen LogP contribution in [0.5, 0.6) is 0 Å². The fraction of sp³-hybridized carbons (Fsp3) is 0.125. The van der Waals surface area contributed by atoms with Crippen molar-refractivity contribution in [1.82, 2.24) is 9.55 Å². The maximum Gasteiger partial charge on any atom is 0.283 e. The van der Waals surface area contributed by atoms with Crippen LogP contribution in [0.1, 0.15) is 21.5 Å². The Morgan fingerprint density at radius 2 is 1.91 bits per heavy atom. The summed E-state index contributed by atoms with van der Waals surface area (Å²) in [5, 5.41) is 11.4. The highest BCUT2D eigenvalue weighted by Gasteiger charge is 2.23. The maximum atomic E-state index is 12.7. The summed E-state index contributed by atoms with van der Waals surface area (Å²) in [5.74, 6) is -0.515. The average Bonchev–Trinajstić information content (AvgIpc) is 2.89. The second kappa shape index (κ2) is 5.48. The number of rotatable bonds is 2. The van der Waals surface area contributed by atoms with Crippen LogP contribution >= 0.6 is 11.6 Å². The molecule has 6 nitrogen and oxygen atoms in total. The van der Waals surface area contributed by atoms with Gasteiger partial charge in [0.25, 0.3) is 11.6 Å². The summed E-state index contributed by atoms with van der Waals surface area (Å²) in [4.78, 5) is 27.5. The summed E-state index contributed by atoms with van der Waals surface area (Å²) in [6.07, 6.45) is 1.38. The molecule has 0 radical (unpaired) electrons. The molecule has 2 aromatic carbocycles. The standard InChI is InChI=1S/C16H12ClN3O3/c1-9-5-13-15(6-10(9)2)19(8-18-13)16(21)12-4-3-11(17)7-14(12)20(22)23/h3-8H,1-2H3. The van der Waals surface area contributed by atoms with Gasteiger partial charge in [-0.15, -0.1) is 0 Å². The number of carbonyl (C=O) groups is 1. The topological polar surface area (TPSA) is 78.0 Å². The first kappa shape index (κ1) is 15.2. The van der Waals surface area contributed by atoms with Crippen LogP contribution in [-0.2, 0) is 0 Å². The number of fused-ring (bicyclic) bond motifs is 1. The Kier molecular flexibility index (Phi) is 3.61. The number of hydrogen-bond donors (Lipinski definition) is 0. The Balaban J connectivity index is 2.19. The van der Waals surface area contributed by atoms with Crippen LogP contribution in [-0.4, -0.2) is 20.4 Å². The smallest absolute Gasteiger partial charge is 0.268 e. The van der Waals surface area contributed by atoms with Crippen molar-refractivity contribution >= 4 is 34.2 Å². The van der Waals surface area contributed by atoms with Crippen molar-refractivity contribution in [3.05, 3.63) is 68.5 Å². The van der Waals surface area contributed by atoms with Crippen molar-refractivity contribution in [2.45, 2.75) is 13.8 Å². The number of aromatic nitrogens is 2. The minimum atomic E-state index is -0.617. The molecule has 0 saturated carbocycles. The summed E-state index contributed by atoms with van der Waals surface area (Å²) in [5.41, 5.74) is 3.00. The van der Waals surface area contributed by atoms with E-state index in [1.54, 1.807) is 0 Å². The lowest BCUT2D eigenvalue weighted by Crippen LogP contribution is -2.13. The van der Waals surface area contributed by atoms with Gasteiger partial charge in [0.05, 0.1) is 16.0 Å². The highest BCUT2D eigenvalue weighted by atomic mass is 35.5. The molecule has 0 aliphatic carbocycles. The lowest BCUT2D eigenvalue weighted by molar-refractivity contribution is -0.385. The molecule has 7 heteroatoms. The first-order valence-electron chi connectivity index (χ1n) is 6.81. The molecule has 1 aromatic heterocycles. The number of nitrogens with zero attached hydrogens (tertiary/aromatic N) is 3. The molecule has 1 heterocycles. The lowest BCUT2D eigenvalue weighted by atomic mass is 10.1. The van der Waals surface area contributed by atoms with Crippen LogP contribution in [0.25, 0.3) is 11.0 Å². The Hall–Kier alpha value is -2.73. The molecule has 0 N–H and O–H groups in total. The van der Waals surface area contributed by atoms with E-state index in [9.17, 15) is 14.9 Å². The van der Waals surface area contributed by atoms with Crippen LogP contribution < -0.4 is 0 Å². The molecule has 0 unspecified atom stereocenters. The fourth-order valence-corrected chi connectivity index (χ4v) is 2.56. The van der Waals surface area contributed by atoms with Crippen molar-refractivity contribution in [3.8, 4) is 0 Å². The van der Waals surface area contributed by atoms with Gasteiger partial charge in [-0.2, -0.15) is 0 Å². The van der Waals surface area contributed by atoms with Gasteiger partial charge in [0, 0.05) is 11.1 Å². The number of carbonyl (C=O) groups excluding carboxylic acids is 1. The maximum absolute atomic E-state index is 12.7. The van der Waals surface area contributed by atoms with Crippen molar-refractivity contribution in [2.24, 2.45) is 0 Å². The molecule has 0 bridgehead atoms. The Morgan fingerprint density at radius 1 is 1.22 bits per heavy atom. The molecular formula is C16H12ClN3O3. The minimum absolute atomic E-state index is 0.0306. The third kappa shape index (κ3) is 2.57. The summed E-state index contributed by atoms with van der Waals surface area (Å²) in [7, 11) is 0. The fourth-order valence-electron chi connectivity index (χ4n) is 2.39. The van der Waals surface area contributed by atoms with Crippen LogP contribution in [0, 0.1) is 24.0 Å². The van der Waals surface area contributed by atoms with Crippen molar-refractivity contribution in [2.75, 3.05) is 0 Å². The van der Waals surface area contributed by atoms with Crippen LogP contribution in [0.2, 0.25) is 5.02 Å². The average molecular weight is 330 g/mol. The molecule has 3 rings (SSSR count). The highest BCUT2D eigenvalue weighted by Crippen LogP contribution is 2.26. The zero-order chi connectivity index (χ0) is 16.7. The number of hydrogen-bond acceptors (Lipinski definition) is 4. The van der Waals surface area contributed by atoms with E-state index in [4.69, 9.17) is 11.6 Å². The first-order chi connectivity index (χ1) is 10.9. The van der Waals surface area contributed by atoms with Gasteiger partial charge in [-0.25, -0.2) is 4.98 Å². The molecule has 0 atom stereocenters. The Morgan fingerprint density at radius 3 is 2.61 bits per heavy atom. The first-order valence-corrected chi connectivity index (χ1v) is 7.19. The van der Waals surface area contributed by atoms with Gasteiger partial charge < -0.3 is 0 Å². The number of halogens is 1. The van der Waals surface area contributed by atoms with E-state index in [1.165, 1.54) is 29.1 Å². The summed E-state index contributed by atoms with van der Waals surface area (Å²) >= 11 is 5.79. The number of imidazole rings is 1. The van der Waals surface area contributed by atoms with Gasteiger partial charge in [0.1, 0.15) is 11.9 Å². The second-order valence-corrected chi connectivity index (χ2v) is 5.70. The summed E-state index contributed by atoms with van der Waals surface area (Å²) in [6, 6.07) is 7.71.